The predicted octanol–water partition coefficient (Wildman–Crippen LogP) is 3.42. The van der Waals surface area contributed by atoms with E-state index in [0.29, 0.717) is 28.0 Å². The molecular formula is C17H19ClN2O4. The summed E-state index contributed by atoms with van der Waals surface area (Å²) in [5.74, 6) is 1.56. The highest BCUT2D eigenvalue weighted by molar-refractivity contribution is 6.32. The van der Waals surface area contributed by atoms with Crippen molar-refractivity contribution in [1.29, 1.82) is 0 Å². The quantitative estimate of drug-likeness (QED) is 0.800. The molecule has 0 saturated carbocycles. The molecule has 0 aliphatic rings. The molecule has 128 valence electrons. The number of amides is 1. The fourth-order valence-electron chi connectivity index (χ4n) is 2.08. The van der Waals surface area contributed by atoms with Gasteiger partial charge in [-0.3, -0.25) is 4.79 Å². The molecule has 2 rings (SSSR count). The molecule has 2 aromatic rings. The monoisotopic (exact) mass is 350 g/mol. The second kappa shape index (κ2) is 8.31. The maximum absolute atomic E-state index is 12.0. The third-order valence-corrected chi connectivity index (χ3v) is 3.57. The Labute approximate surface area is 145 Å². The van der Waals surface area contributed by atoms with Crippen molar-refractivity contribution in [2.24, 2.45) is 0 Å². The van der Waals surface area contributed by atoms with Gasteiger partial charge in [0.15, 0.2) is 11.5 Å². The van der Waals surface area contributed by atoms with Crippen LogP contribution >= 0.6 is 11.6 Å². The van der Waals surface area contributed by atoms with E-state index in [9.17, 15) is 4.79 Å². The molecule has 0 aromatic heterocycles. The van der Waals surface area contributed by atoms with Gasteiger partial charge in [-0.1, -0.05) is 11.6 Å². The molecule has 7 heteroatoms. The van der Waals surface area contributed by atoms with Gasteiger partial charge < -0.3 is 24.8 Å². The van der Waals surface area contributed by atoms with Gasteiger partial charge >= 0.3 is 0 Å². The third-order valence-electron chi connectivity index (χ3n) is 3.27. The van der Waals surface area contributed by atoms with Gasteiger partial charge in [-0.05, 0) is 30.3 Å². The summed E-state index contributed by atoms with van der Waals surface area (Å²) in [4.78, 5) is 12.0. The number of methoxy groups -OCH3 is 3. The average molecular weight is 351 g/mol. The summed E-state index contributed by atoms with van der Waals surface area (Å²) in [6, 6.07) is 10.4. The van der Waals surface area contributed by atoms with Crippen molar-refractivity contribution in [3.05, 3.63) is 41.4 Å². The van der Waals surface area contributed by atoms with E-state index in [4.69, 9.17) is 25.8 Å². The fraction of sp³-hybridized carbons (Fsp3) is 0.235. The Balaban J connectivity index is 1.94. The van der Waals surface area contributed by atoms with Crippen LogP contribution in [0.15, 0.2) is 36.4 Å². The second-order valence-electron chi connectivity index (χ2n) is 4.82. The lowest BCUT2D eigenvalue weighted by Crippen LogP contribution is -2.21. The Kier molecular flexibility index (Phi) is 6.14. The second-order valence-corrected chi connectivity index (χ2v) is 5.23. The Morgan fingerprint density at radius 2 is 1.54 bits per heavy atom. The molecule has 1 amide bonds. The molecular weight excluding hydrogens is 332 g/mol. The number of anilines is 2. The molecule has 0 aliphatic carbocycles. The largest absolute Gasteiger partial charge is 0.495 e. The number of benzene rings is 2. The van der Waals surface area contributed by atoms with Gasteiger partial charge in [0.25, 0.3) is 0 Å². The predicted molar refractivity (Wildman–Crippen MR) is 94.7 cm³/mol. The Morgan fingerprint density at radius 3 is 2.17 bits per heavy atom. The smallest absolute Gasteiger partial charge is 0.243 e. The van der Waals surface area contributed by atoms with Crippen molar-refractivity contribution in [3.63, 3.8) is 0 Å². The highest BCUT2D eigenvalue weighted by atomic mass is 35.5. The normalized spacial score (nSPS) is 10.0. The number of carbonyl (C=O) groups is 1. The van der Waals surface area contributed by atoms with Crippen LogP contribution in [-0.4, -0.2) is 33.8 Å². The summed E-state index contributed by atoms with van der Waals surface area (Å²) in [5, 5.41) is 6.21. The zero-order valence-electron chi connectivity index (χ0n) is 13.7. The lowest BCUT2D eigenvalue weighted by molar-refractivity contribution is -0.114. The van der Waals surface area contributed by atoms with Gasteiger partial charge in [-0.15, -0.1) is 0 Å². The fourth-order valence-corrected chi connectivity index (χ4v) is 2.34. The SMILES string of the molecule is COc1ccc(NC(=O)CNc2ccc(OC)c(OC)c2)cc1Cl. The number of rotatable bonds is 7. The first-order valence-corrected chi connectivity index (χ1v) is 7.54. The molecule has 2 aromatic carbocycles. The number of ether oxygens (including phenoxy) is 3. The number of halogens is 1. The highest BCUT2D eigenvalue weighted by Crippen LogP contribution is 2.30. The van der Waals surface area contributed by atoms with Gasteiger partial charge in [0.05, 0.1) is 32.9 Å². The summed E-state index contributed by atoms with van der Waals surface area (Å²) < 4.78 is 15.5. The summed E-state index contributed by atoms with van der Waals surface area (Å²) in [6.45, 7) is 0.0964. The first kappa shape index (κ1) is 17.7. The van der Waals surface area contributed by atoms with Crippen LogP contribution in [0.3, 0.4) is 0 Å². The zero-order chi connectivity index (χ0) is 17.5. The molecule has 0 saturated heterocycles. The maximum Gasteiger partial charge on any atom is 0.243 e. The number of hydrogen-bond donors (Lipinski definition) is 2. The molecule has 24 heavy (non-hydrogen) atoms. The number of carbonyl (C=O) groups excluding carboxylic acids is 1. The Bertz CT molecular complexity index is 722. The average Bonchev–Trinajstić information content (AvgIpc) is 2.59. The van der Waals surface area contributed by atoms with Gasteiger partial charge in [0.1, 0.15) is 5.75 Å². The molecule has 0 atom stereocenters. The number of nitrogens with one attached hydrogen (secondary N) is 2. The zero-order valence-corrected chi connectivity index (χ0v) is 14.4. The Hall–Kier alpha value is -2.60. The third kappa shape index (κ3) is 4.45. The summed E-state index contributed by atoms with van der Waals surface area (Å²) in [6.07, 6.45) is 0. The summed E-state index contributed by atoms with van der Waals surface area (Å²) in [5.41, 5.74) is 1.34. The van der Waals surface area contributed by atoms with E-state index >= 15 is 0 Å². The lowest BCUT2D eigenvalue weighted by atomic mass is 10.2. The van der Waals surface area contributed by atoms with Gasteiger partial charge in [-0.25, -0.2) is 0 Å². The van der Waals surface area contributed by atoms with Gasteiger partial charge in [0.2, 0.25) is 5.91 Å². The van der Waals surface area contributed by atoms with Crippen LogP contribution < -0.4 is 24.8 Å². The van der Waals surface area contributed by atoms with Crippen LogP contribution in [0, 0.1) is 0 Å². The van der Waals surface area contributed by atoms with Crippen molar-refractivity contribution >= 4 is 28.9 Å². The highest BCUT2D eigenvalue weighted by Gasteiger charge is 2.08. The molecule has 0 bridgehead atoms. The van der Waals surface area contributed by atoms with E-state index in [0.717, 1.165) is 5.69 Å². The van der Waals surface area contributed by atoms with E-state index in [1.54, 1.807) is 50.6 Å². The van der Waals surface area contributed by atoms with E-state index < -0.39 is 0 Å². The van der Waals surface area contributed by atoms with Crippen LogP contribution in [0.4, 0.5) is 11.4 Å². The van der Waals surface area contributed by atoms with Gasteiger partial charge in [-0.2, -0.15) is 0 Å². The van der Waals surface area contributed by atoms with Crippen molar-refractivity contribution in [2.45, 2.75) is 0 Å². The topological polar surface area (TPSA) is 68.8 Å². The summed E-state index contributed by atoms with van der Waals surface area (Å²) in [7, 11) is 4.66. The van der Waals surface area contributed by atoms with E-state index in [1.807, 2.05) is 0 Å². The molecule has 0 fully saturated rings. The van der Waals surface area contributed by atoms with Crippen molar-refractivity contribution in [2.75, 3.05) is 38.5 Å². The van der Waals surface area contributed by atoms with Crippen molar-refractivity contribution < 1.29 is 19.0 Å². The first-order chi connectivity index (χ1) is 11.6. The lowest BCUT2D eigenvalue weighted by Gasteiger charge is -2.12. The number of hydrogen-bond acceptors (Lipinski definition) is 5. The molecule has 2 N–H and O–H groups in total. The molecule has 0 unspecified atom stereocenters. The molecule has 0 aliphatic heterocycles. The van der Waals surface area contributed by atoms with Crippen LogP contribution in [0.5, 0.6) is 17.2 Å². The van der Waals surface area contributed by atoms with Crippen molar-refractivity contribution in [1.82, 2.24) is 0 Å². The minimum Gasteiger partial charge on any atom is -0.495 e. The molecule has 0 spiro atoms. The molecule has 0 radical (unpaired) electrons. The standard InChI is InChI=1S/C17H19ClN2O4/c1-22-14-6-5-12(8-13(14)18)20-17(21)10-19-11-4-7-15(23-2)16(9-11)24-3/h4-9,19H,10H2,1-3H3,(H,20,21). The maximum atomic E-state index is 12.0. The minimum atomic E-state index is -0.203. The molecule has 0 heterocycles. The molecule has 6 nitrogen and oxygen atoms in total. The van der Waals surface area contributed by atoms with Gasteiger partial charge in [0, 0.05) is 17.4 Å². The van der Waals surface area contributed by atoms with Crippen molar-refractivity contribution in [3.8, 4) is 17.2 Å². The van der Waals surface area contributed by atoms with E-state index in [2.05, 4.69) is 10.6 Å². The minimum absolute atomic E-state index is 0.0964. The van der Waals surface area contributed by atoms with Crippen LogP contribution in [0.25, 0.3) is 0 Å². The van der Waals surface area contributed by atoms with Crippen LogP contribution in [0.1, 0.15) is 0 Å². The van der Waals surface area contributed by atoms with Crippen LogP contribution in [-0.2, 0) is 4.79 Å². The first-order valence-electron chi connectivity index (χ1n) is 7.16. The van der Waals surface area contributed by atoms with E-state index in [-0.39, 0.29) is 12.5 Å². The van der Waals surface area contributed by atoms with E-state index in [1.165, 1.54) is 7.11 Å². The van der Waals surface area contributed by atoms with Crippen LogP contribution in [0.2, 0.25) is 5.02 Å². The Morgan fingerprint density at radius 1 is 0.917 bits per heavy atom. The summed E-state index contributed by atoms with van der Waals surface area (Å²) >= 11 is 6.03.